The minimum absolute atomic E-state index is 0.203. The summed E-state index contributed by atoms with van der Waals surface area (Å²) in [6, 6.07) is 0. The standard InChI is InChI=1S/C7H11N3O3/c1-2-13-4-3-8-7-9-5(11)6(12)10-7/h2-4H2,1H3,(H2,8,9,10,11,12). The van der Waals surface area contributed by atoms with Crippen LogP contribution in [0.5, 0.6) is 0 Å². The van der Waals surface area contributed by atoms with Gasteiger partial charge in [0.1, 0.15) is 0 Å². The number of amides is 2. The third kappa shape index (κ3) is 2.83. The second-order valence-electron chi connectivity index (χ2n) is 2.34. The molecule has 0 bridgehead atoms. The first kappa shape index (κ1) is 9.66. The Morgan fingerprint density at radius 1 is 1.31 bits per heavy atom. The van der Waals surface area contributed by atoms with E-state index in [1.165, 1.54) is 0 Å². The molecule has 13 heavy (non-hydrogen) atoms. The van der Waals surface area contributed by atoms with Crippen molar-refractivity contribution in [2.45, 2.75) is 6.92 Å². The van der Waals surface area contributed by atoms with Crippen LogP contribution in [0.1, 0.15) is 6.92 Å². The Kier molecular flexibility index (Phi) is 3.39. The second kappa shape index (κ2) is 4.56. The van der Waals surface area contributed by atoms with E-state index in [1.54, 1.807) is 0 Å². The van der Waals surface area contributed by atoms with Crippen molar-refractivity contribution in [3.05, 3.63) is 0 Å². The molecule has 72 valence electrons. The van der Waals surface area contributed by atoms with E-state index in [9.17, 15) is 9.59 Å². The Bertz CT molecular complexity index is 231. The molecule has 2 amide bonds. The van der Waals surface area contributed by atoms with Crippen LogP contribution in [0.3, 0.4) is 0 Å². The van der Waals surface area contributed by atoms with Crippen molar-refractivity contribution in [2.75, 3.05) is 19.8 Å². The number of guanidine groups is 1. The highest BCUT2D eigenvalue weighted by Gasteiger charge is 2.24. The SMILES string of the molecule is CCOCCN=C1NC(=O)C(=O)N1. The van der Waals surface area contributed by atoms with E-state index in [-0.39, 0.29) is 5.96 Å². The van der Waals surface area contributed by atoms with Gasteiger partial charge in [0.05, 0.1) is 13.2 Å². The van der Waals surface area contributed by atoms with Gasteiger partial charge < -0.3 is 4.74 Å². The van der Waals surface area contributed by atoms with E-state index in [2.05, 4.69) is 15.6 Å². The van der Waals surface area contributed by atoms with Gasteiger partial charge in [-0.15, -0.1) is 0 Å². The molecule has 0 aliphatic carbocycles. The van der Waals surface area contributed by atoms with Gasteiger partial charge in [-0.3, -0.25) is 25.2 Å². The number of aliphatic imine (C=N–C) groups is 1. The van der Waals surface area contributed by atoms with E-state index in [1.807, 2.05) is 6.92 Å². The van der Waals surface area contributed by atoms with Gasteiger partial charge in [-0.25, -0.2) is 0 Å². The summed E-state index contributed by atoms with van der Waals surface area (Å²) in [5.74, 6) is -1.14. The topological polar surface area (TPSA) is 79.8 Å². The molecule has 0 spiro atoms. The predicted molar refractivity (Wildman–Crippen MR) is 45.1 cm³/mol. The van der Waals surface area contributed by atoms with Crippen molar-refractivity contribution in [1.82, 2.24) is 10.6 Å². The van der Waals surface area contributed by atoms with Crippen LogP contribution in [0.4, 0.5) is 0 Å². The van der Waals surface area contributed by atoms with Crippen LogP contribution in [-0.2, 0) is 14.3 Å². The summed E-state index contributed by atoms with van der Waals surface area (Å²) in [4.78, 5) is 25.2. The molecule has 2 N–H and O–H groups in total. The zero-order valence-electron chi connectivity index (χ0n) is 7.29. The number of nitrogens with zero attached hydrogens (tertiary/aromatic N) is 1. The van der Waals surface area contributed by atoms with Crippen LogP contribution in [-0.4, -0.2) is 37.5 Å². The molecule has 0 atom stereocenters. The van der Waals surface area contributed by atoms with Crippen molar-refractivity contribution < 1.29 is 14.3 Å². The average molecular weight is 185 g/mol. The maximum Gasteiger partial charge on any atom is 0.316 e. The van der Waals surface area contributed by atoms with Gasteiger partial charge in [-0.05, 0) is 6.92 Å². The fourth-order valence-corrected chi connectivity index (χ4v) is 0.805. The number of rotatable bonds is 4. The second-order valence-corrected chi connectivity index (χ2v) is 2.34. The number of carbonyl (C=O) groups is 2. The monoisotopic (exact) mass is 185 g/mol. The average Bonchev–Trinajstić information content (AvgIpc) is 2.41. The Balaban J connectivity index is 2.29. The molecule has 1 saturated heterocycles. The summed E-state index contributed by atoms with van der Waals surface area (Å²) in [6.45, 7) is 3.41. The molecular weight excluding hydrogens is 174 g/mol. The van der Waals surface area contributed by atoms with E-state index >= 15 is 0 Å². The van der Waals surface area contributed by atoms with Crippen LogP contribution < -0.4 is 10.6 Å². The van der Waals surface area contributed by atoms with Crippen LogP contribution in [0, 0.1) is 0 Å². The highest BCUT2D eigenvalue weighted by Crippen LogP contribution is 1.83. The first-order valence-corrected chi connectivity index (χ1v) is 3.98. The lowest BCUT2D eigenvalue weighted by atomic mass is 10.6. The molecule has 0 unspecified atom stereocenters. The summed E-state index contributed by atoms with van der Waals surface area (Å²) in [5.41, 5.74) is 0. The van der Waals surface area contributed by atoms with Gasteiger partial charge in [-0.1, -0.05) is 0 Å². The van der Waals surface area contributed by atoms with Crippen molar-refractivity contribution in [3.63, 3.8) is 0 Å². The zero-order chi connectivity index (χ0) is 9.68. The highest BCUT2D eigenvalue weighted by molar-refractivity contribution is 6.45. The predicted octanol–water partition coefficient (Wildman–Crippen LogP) is -1.38. The largest absolute Gasteiger partial charge is 0.380 e. The Hall–Kier alpha value is -1.43. The van der Waals surface area contributed by atoms with Crippen molar-refractivity contribution in [2.24, 2.45) is 4.99 Å². The lowest BCUT2D eigenvalue weighted by Gasteiger charge is -1.97. The molecular formula is C7H11N3O3. The van der Waals surface area contributed by atoms with E-state index < -0.39 is 11.8 Å². The fourth-order valence-electron chi connectivity index (χ4n) is 0.805. The number of carbonyl (C=O) groups excluding carboxylic acids is 2. The lowest BCUT2D eigenvalue weighted by molar-refractivity contribution is -0.135. The van der Waals surface area contributed by atoms with Crippen LogP contribution >= 0.6 is 0 Å². The van der Waals surface area contributed by atoms with Crippen molar-refractivity contribution >= 4 is 17.8 Å². The normalized spacial score (nSPS) is 15.6. The number of ether oxygens (including phenoxy) is 1. The van der Waals surface area contributed by atoms with Gasteiger partial charge in [-0.2, -0.15) is 0 Å². The van der Waals surface area contributed by atoms with Gasteiger partial charge in [0.25, 0.3) is 0 Å². The molecule has 1 heterocycles. The molecule has 0 aromatic carbocycles. The number of hydrogen-bond acceptors (Lipinski definition) is 4. The highest BCUT2D eigenvalue weighted by atomic mass is 16.5. The molecule has 6 nitrogen and oxygen atoms in total. The van der Waals surface area contributed by atoms with Gasteiger partial charge in [0.2, 0.25) is 5.96 Å². The summed E-state index contributed by atoms with van der Waals surface area (Å²) in [6.07, 6.45) is 0. The Morgan fingerprint density at radius 2 is 1.92 bits per heavy atom. The molecule has 6 heteroatoms. The van der Waals surface area contributed by atoms with E-state index in [4.69, 9.17) is 4.74 Å². The maximum absolute atomic E-state index is 10.6. The summed E-state index contributed by atoms with van der Waals surface area (Å²) >= 11 is 0. The Morgan fingerprint density at radius 3 is 2.46 bits per heavy atom. The van der Waals surface area contributed by atoms with Crippen molar-refractivity contribution in [1.29, 1.82) is 0 Å². The van der Waals surface area contributed by atoms with E-state index in [0.717, 1.165) is 0 Å². The van der Waals surface area contributed by atoms with Gasteiger partial charge in [0.15, 0.2) is 0 Å². The molecule has 1 aliphatic heterocycles. The van der Waals surface area contributed by atoms with Gasteiger partial charge in [0, 0.05) is 6.61 Å². The first-order chi connectivity index (χ1) is 6.24. The molecule has 1 rings (SSSR count). The summed E-state index contributed by atoms with van der Waals surface area (Å²) in [5, 5.41) is 4.55. The van der Waals surface area contributed by atoms with Gasteiger partial charge >= 0.3 is 11.8 Å². The molecule has 1 fully saturated rings. The summed E-state index contributed by atoms with van der Waals surface area (Å²) in [7, 11) is 0. The molecule has 1 aliphatic rings. The zero-order valence-corrected chi connectivity index (χ0v) is 7.29. The third-order valence-electron chi connectivity index (χ3n) is 1.38. The van der Waals surface area contributed by atoms with E-state index in [0.29, 0.717) is 19.8 Å². The number of nitrogens with one attached hydrogen (secondary N) is 2. The van der Waals surface area contributed by atoms with Crippen LogP contribution in [0.25, 0.3) is 0 Å². The van der Waals surface area contributed by atoms with Crippen LogP contribution in [0.15, 0.2) is 4.99 Å². The minimum Gasteiger partial charge on any atom is -0.380 e. The third-order valence-corrected chi connectivity index (χ3v) is 1.38. The fraction of sp³-hybridized carbons (Fsp3) is 0.571. The smallest absolute Gasteiger partial charge is 0.316 e. The lowest BCUT2D eigenvalue weighted by Crippen LogP contribution is -2.26. The first-order valence-electron chi connectivity index (χ1n) is 3.98. The quantitative estimate of drug-likeness (QED) is 0.418. The maximum atomic E-state index is 10.6. The molecule has 0 radical (unpaired) electrons. The van der Waals surface area contributed by atoms with Crippen LogP contribution in [0.2, 0.25) is 0 Å². The molecule has 0 aromatic heterocycles. The molecule has 0 aromatic rings. The molecule has 0 saturated carbocycles. The summed E-state index contributed by atoms with van der Waals surface area (Å²) < 4.78 is 5.01. The number of hydrogen-bond donors (Lipinski definition) is 2. The van der Waals surface area contributed by atoms with Crippen molar-refractivity contribution in [3.8, 4) is 0 Å². The Labute approximate surface area is 75.4 Å². The minimum atomic E-state index is -0.671.